The summed E-state index contributed by atoms with van der Waals surface area (Å²) in [4.78, 5) is 14.7. The molecule has 1 amide bonds. The molecule has 1 aliphatic rings. The predicted octanol–water partition coefficient (Wildman–Crippen LogP) is 3.98. The van der Waals surface area contributed by atoms with Crippen LogP contribution in [0.15, 0.2) is 48.5 Å². The molecule has 8 heteroatoms. The molecule has 142 valence electrons. The highest BCUT2D eigenvalue weighted by atomic mass is 35.5. The summed E-state index contributed by atoms with van der Waals surface area (Å²) in [5.74, 6) is -0.107. The Morgan fingerprint density at radius 1 is 1.11 bits per heavy atom. The summed E-state index contributed by atoms with van der Waals surface area (Å²) in [7, 11) is 0. The Bertz CT molecular complexity index is 819. The first-order valence-corrected chi connectivity index (χ1v) is 9.79. The van der Waals surface area contributed by atoms with E-state index in [1.165, 1.54) is 0 Å². The molecule has 2 aromatic carbocycles. The minimum Gasteiger partial charge on any atom is -0.331 e. The van der Waals surface area contributed by atoms with Gasteiger partial charge in [-0.25, -0.2) is 0 Å². The van der Waals surface area contributed by atoms with Gasteiger partial charge in [-0.2, -0.15) is 0 Å². The normalized spacial score (nSPS) is 16.7. The number of thiocarbonyl (C=S) groups is 1. The minimum atomic E-state index is -0.216. The van der Waals surface area contributed by atoms with E-state index >= 15 is 0 Å². The van der Waals surface area contributed by atoms with Crippen LogP contribution in [0.2, 0.25) is 10.0 Å². The van der Waals surface area contributed by atoms with E-state index in [0.29, 0.717) is 21.7 Å². The molecule has 5 nitrogen and oxygen atoms in total. The topological polar surface area (TPSA) is 56.4 Å². The number of hydrogen-bond acceptors (Lipinski definition) is 3. The number of nitrogens with zero attached hydrogens (tertiary/aromatic N) is 1. The van der Waals surface area contributed by atoms with Gasteiger partial charge in [0.2, 0.25) is 0 Å². The van der Waals surface area contributed by atoms with Crippen molar-refractivity contribution in [3.05, 3.63) is 64.1 Å². The second-order valence-corrected chi connectivity index (χ2v) is 7.53. The quantitative estimate of drug-likeness (QED) is 0.513. The Hall–Kier alpha value is -1.86. The highest BCUT2D eigenvalue weighted by molar-refractivity contribution is 7.80. The van der Waals surface area contributed by atoms with Crippen molar-refractivity contribution in [2.45, 2.75) is 25.4 Å². The maximum atomic E-state index is 12.6. The minimum absolute atomic E-state index is 0.107. The van der Waals surface area contributed by atoms with E-state index in [2.05, 4.69) is 21.1 Å². The Morgan fingerprint density at radius 2 is 1.89 bits per heavy atom. The molecule has 1 heterocycles. The van der Waals surface area contributed by atoms with Crippen LogP contribution in [0.25, 0.3) is 0 Å². The van der Waals surface area contributed by atoms with Gasteiger partial charge in [-0.1, -0.05) is 47.5 Å². The van der Waals surface area contributed by atoms with Crippen LogP contribution in [-0.4, -0.2) is 28.5 Å². The zero-order valence-electron chi connectivity index (χ0n) is 14.5. The molecule has 0 aromatic heterocycles. The van der Waals surface area contributed by atoms with Crippen LogP contribution in [0.1, 0.15) is 18.4 Å². The van der Waals surface area contributed by atoms with Crippen molar-refractivity contribution in [1.29, 1.82) is 0 Å². The molecule has 0 radical (unpaired) electrons. The van der Waals surface area contributed by atoms with Gasteiger partial charge in [-0.3, -0.25) is 20.5 Å². The number of likely N-dealkylation sites (tertiary alicyclic amines) is 1. The van der Waals surface area contributed by atoms with E-state index in [4.69, 9.17) is 35.4 Å². The number of carbonyl (C=O) groups excluding carboxylic acids is 1. The zero-order chi connectivity index (χ0) is 19.2. The summed E-state index contributed by atoms with van der Waals surface area (Å²) >= 11 is 17.3. The number of nitrogens with one attached hydrogen (secondary N) is 3. The standard InChI is InChI=1S/C19H20Cl2N4OS/c20-15-9-8-13(11-16(15)21)12-25-10-4-7-17(25)18(26)23-24-19(27)22-14-5-2-1-3-6-14/h1-3,5-6,8-9,11,17H,4,7,10,12H2,(H,23,26)(H2,22,24,27)/t17-/m0/s1. The molecule has 27 heavy (non-hydrogen) atoms. The van der Waals surface area contributed by atoms with Crippen molar-refractivity contribution in [3.63, 3.8) is 0 Å². The number of rotatable bonds is 4. The molecule has 3 rings (SSSR count). The first kappa shape index (κ1) is 19.9. The average molecular weight is 423 g/mol. The highest BCUT2D eigenvalue weighted by Gasteiger charge is 2.30. The molecule has 0 saturated carbocycles. The molecule has 1 fully saturated rings. The number of amides is 1. The Morgan fingerprint density at radius 3 is 2.63 bits per heavy atom. The van der Waals surface area contributed by atoms with Gasteiger partial charge in [0, 0.05) is 12.2 Å². The number of benzene rings is 2. The van der Waals surface area contributed by atoms with Crippen molar-refractivity contribution < 1.29 is 4.79 Å². The Labute approximate surface area is 174 Å². The van der Waals surface area contributed by atoms with E-state index in [9.17, 15) is 4.79 Å². The maximum absolute atomic E-state index is 12.6. The SMILES string of the molecule is O=C(NNC(=S)Nc1ccccc1)[C@@H]1CCCN1Cc1ccc(Cl)c(Cl)c1. The second kappa shape index (κ2) is 9.37. The molecular weight excluding hydrogens is 403 g/mol. The number of carbonyl (C=O) groups is 1. The first-order chi connectivity index (χ1) is 13.0. The van der Waals surface area contributed by atoms with Crippen LogP contribution in [0.5, 0.6) is 0 Å². The fraction of sp³-hybridized carbons (Fsp3) is 0.263. The van der Waals surface area contributed by atoms with Crippen molar-refractivity contribution in [2.75, 3.05) is 11.9 Å². The summed E-state index contributed by atoms with van der Waals surface area (Å²) in [6.07, 6.45) is 1.76. The second-order valence-electron chi connectivity index (χ2n) is 6.31. The van der Waals surface area contributed by atoms with Crippen molar-refractivity contribution in [3.8, 4) is 0 Å². The molecule has 1 atom stereocenters. The first-order valence-electron chi connectivity index (χ1n) is 8.63. The van der Waals surface area contributed by atoms with Crippen LogP contribution in [0, 0.1) is 0 Å². The molecule has 0 bridgehead atoms. The van der Waals surface area contributed by atoms with Crippen LogP contribution in [0.4, 0.5) is 5.69 Å². The third-order valence-electron chi connectivity index (χ3n) is 4.37. The molecular formula is C19H20Cl2N4OS. The number of para-hydroxylation sites is 1. The lowest BCUT2D eigenvalue weighted by Gasteiger charge is -2.24. The summed E-state index contributed by atoms with van der Waals surface area (Å²) < 4.78 is 0. The fourth-order valence-electron chi connectivity index (χ4n) is 3.07. The molecule has 1 saturated heterocycles. The van der Waals surface area contributed by atoms with Gasteiger partial charge in [0.25, 0.3) is 5.91 Å². The number of halogens is 2. The summed E-state index contributed by atoms with van der Waals surface area (Å²) in [6, 6.07) is 14.9. The smallest absolute Gasteiger partial charge is 0.255 e. The van der Waals surface area contributed by atoms with Gasteiger partial charge >= 0.3 is 0 Å². The summed E-state index contributed by atoms with van der Waals surface area (Å²) in [5, 5.41) is 4.40. The predicted molar refractivity (Wildman–Crippen MR) is 114 cm³/mol. The lowest BCUT2D eigenvalue weighted by Crippen LogP contribution is -2.51. The molecule has 2 aromatic rings. The third-order valence-corrected chi connectivity index (χ3v) is 5.31. The number of anilines is 1. The van der Waals surface area contributed by atoms with Gasteiger partial charge in [0.1, 0.15) is 0 Å². The monoisotopic (exact) mass is 422 g/mol. The molecule has 0 unspecified atom stereocenters. The molecule has 3 N–H and O–H groups in total. The molecule has 0 aliphatic carbocycles. The van der Waals surface area contributed by atoms with E-state index in [-0.39, 0.29) is 11.9 Å². The van der Waals surface area contributed by atoms with Crippen molar-refractivity contribution >= 4 is 52.1 Å². The van der Waals surface area contributed by atoms with Crippen LogP contribution >= 0.6 is 35.4 Å². The van der Waals surface area contributed by atoms with Crippen molar-refractivity contribution in [2.24, 2.45) is 0 Å². The highest BCUT2D eigenvalue weighted by Crippen LogP contribution is 2.25. The lowest BCUT2D eigenvalue weighted by atomic mass is 10.1. The largest absolute Gasteiger partial charge is 0.331 e. The van der Waals surface area contributed by atoms with Crippen LogP contribution in [-0.2, 0) is 11.3 Å². The van der Waals surface area contributed by atoms with Gasteiger partial charge in [0.05, 0.1) is 16.1 Å². The van der Waals surface area contributed by atoms with Gasteiger partial charge < -0.3 is 5.32 Å². The maximum Gasteiger partial charge on any atom is 0.255 e. The number of hydrogen-bond donors (Lipinski definition) is 3. The van der Waals surface area contributed by atoms with Crippen LogP contribution in [0.3, 0.4) is 0 Å². The van der Waals surface area contributed by atoms with Gasteiger partial charge in [0.15, 0.2) is 5.11 Å². The van der Waals surface area contributed by atoms with E-state index in [1.807, 2.05) is 42.5 Å². The van der Waals surface area contributed by atoms with Crippen LogP contribution < -0.4 is 16.2 Å². The third kappa shape index (κ3) is 5.56. The Balaban J connectivity index is 1.52. The summed E-state index contributed by atoms with van der Waals surface area (Å²) in [5.41, 5.74) is 7.34. The fourth-order valence-corrected chi connectivity index (χ4v) is 3.56. The van der Waals surface area contributed by atoms with Crippen molar-refractivity contribution in [1.82, 2.24) is 15.8 Å². The molecule has 0 spiro atoms. The molecule has 1 aliphatic heterocycles. The average Bonchev–Trinajstić information content (AvgIpc) is 3.12. The van der Waals surface area contributed by atoms with E-state index < -0.39 is 0 Å². The van der Waals surface area contributed by atoms with E-state index in [1.54, 1.807) is 6.07 Å². The lowest BCUT2D eigenvalue weighted by molar-refractivity contribution is -0.126. The number of hydrazine groups is 1. The zero-order valence-corrected chi connectivity index (χ0v) is 16.9. The van der Waals surface area contributed by atoms with Gasteiger partial charge in [-0.05, 0) is 61.4 Å². The van der Waals surface area contributed by atoms with E-state index in [0.717, 1.165) is 30.6 Å². The summed E-state index contributed by atoms with van der Waals surface area (Å²) in [6.45, 7) is 1.49. The Kier molecular flexibility index (Phi) is 6.90. The van der Waals surface area contributed by atoms with Gasteiger partial charge in [-0.15, -0.1) is 0 Å².